The number of hydrogen-bond donors (Lipinski definition) is 1. The molecule has 0 radical (unpaired) electrons. The van der Waals surface area contributed by atoms with Crippen LogP contribution in [0, 0.1) is 5.92 Å². The van der Waals surface area contributed by atoms with Gasteiger partial charge in [-0.3, -0.25) is 9.59 Å². The van der Waals surface area contributed by atoms with Gasteiger partial charge >= 0.3 is 0 Å². The number of benzene rings is 2. The molecule has 3 aromatic rings. The van der Waals surface area contributed by atoms with Crippen molar-refractivity contribution >= 4 is 46.9 Å². The van der Waals surface area contributed by atoms with Gasteiger partial charge in [-0.25, -0.2) is 4.68 Å². The Kier molecular flexibility index (Phi) is 7.47. The van der Waals surface area contributed by atoms with Gasteiger partial charge in [0.2, 0.25) is 11.8 Å². The van der Waals surface area contributed by atoms with Crippen LogP contribution in [-0.2, 0) is 16.1 Å². The molecular weight excluding hydrogens is 459 g/mol. The van der Waals surface area contributed by atoms with Crippen molar-refractivity contribution in [3.8, 4) is 0 Å². The lowest BCUT2D eigenvalue weighted by Crippen LogP contribution is -2.40. The molecular formula is C25H24Cl2N4O2. The number of nitrogens with one attached hydrogen (secondary N) is 1. The molecule has 0 saturated carbocycles. The van der Waals surface area contributed by atoms with E-state index in [0.29, 0.717) is 48.3 Å². The average molecular weight is 483 g/mol. The highest BCUT2D eigenvalue weighted by atomic mass is 35.5. The summed E-state index contributed by atoms with van der Waals surface area (Å²) in [6, 6.07) is 16.8. The zero-order valence-corrected chi connectivity index (χ0v) is 19.5. The zero-order valence-electron chi connectivity index (χ0n) is 18.0. The van der Waals surface area contributed by atoms with Crippen LogP contribution in [0.25, 0.3) is 6.08 Å². The third-order valence-corrected chi connectivity index (χ3v) is 6.44. The Morgan fingerprint density at radius 1 is 1.00 bits per heavy atom. The number of likely N-dealkylation sites (tertiary alicyclic amines) is 1. The summed E-state index contributed by atoms with van der Waals surface area (Å²) < 4.78 is 1.66. The standard InChI is InChI=1S/C25H24Cl2N4O2/c26-21-7-4-8-22(27)20(21)17-31-23(11-14-28-31)29-25(33)19-12-15-30(16-13-19)24(32)10-9-18-5-2-1-3-6-18/h1-11,14,19H,12-13,15-17H2,(H,29,33)/b10-9+. The molecule has 33 heavy (non-hydrogen) atoms. The van der Waals surface area contributed by atoms with Crippen LogP contribution in [0.3, 0.4) is 0 Å². The van der Waals surface area contributed by atoms with Crippen molar-refractivity contribution in [1.29, 1.82) is 0 Å². The largest absolute Gasteiger partial charge is 0.339 e. The minimum Gasteiger partial charge on any atom is -0.339 e. The Hall–Kier alpha value is -3.09. The first-order valence-corrected chi connectivity index (χ1v) is 11.5. The summed E-state index contributed by atoms with van der Waals surface area (Å²) in [7, 11) is 0. The SMILES string of the molecule is O=C(Nc1ccnn1Cc1c(Cl)cccc1Cl)C1CCN(C(=O)/C=C/c2ccccc2)CC1. The maximum atomic E-state index is 12.9. The third-order valence-electron chi connectivity index (χ3n) is 5.73. The van der Waals surface area contributed by atoms with Crippen LogP contribution >= 0.6 is 23.2 Å². The monoisotopic (exact) mass is 482 g/mol. The quantitative estimate of drug-likeness (QED) is 0.495. The van der Waals surface area contributed by atoms with Crippen molar-refractivity contribution in [2.24, 2.45) is 5.92 Å². The van der Waals surface area contributed by atoms with Gasteiger partial charge in [-0.2, -0.15) is 5.10 Å². The van der Waals surface area contributed by atoms with Gasteiger partial charge in [0.25, 0.3) is 0 Å². The van der Waals surface area contributed by atoms with Crippen LogP contribution < -0.4 is 5.32 Å². The molecule has 1 fully saturated rings. The van der Waals surface area contributed by atoms with Gasteiger partial charge in [0, 0.05) is 46.8 Å². The van der Waals surface area contributed by atoms with Crippen molar-refractivity contribution in [2.75, 3.05) is 18.4 Å². The summed E-state index contributed by atoms with van der Waals surface area (Å²) in [5.74, 6) is 0.307. The molecule has 2 aromatic carbocycles. The van der Waals surface area contributed by atoms with Gasteiger partial charge in [0.1, 0.15) is 5.82 Å². The Labute approximate surface area is 202 Å². The summed E-state index contributed by atoms with van der Waals surface area (Å²) in [6.07, 6.45) is 6.25. The number of piperidine rings is 1. The summed E-state index contributed by atoms with van der Waals surface area (Å²) in [6.45, 7) is 1.44. The molecule has 4 rings (SSSR count). The molecule has 1 saturated heterocycles. The predicted octanol–water partition coefficient (Wildman–Crippen LogP) is 5.13. The number of carbonyl (C=O) groups excluding carboxylic acids is 2. The number of nitrogens with zero attached hydrogens (tertiary/aromatic N) is 3. The molecule has 0 aliphatic carbocycles. The number of rotatable bonds is 6. The fraction of sp³-hybridized carbons (Fsp3) is 0.240. The average Bonchev–Trinajstić information content (AvgIpc) is 3.27. The van der Waals surface area contributed by atoms with Gasteiger partial charge in [0.15, 0.2) is 0 Å². The van der Waals surface area contributed by atoms with Gasteiger partial charge in [-0.15, -0.1) is 0 Å². The minimum atomic E-state index is -0.167. The summed E-state index contributed by atoms with van der Waals surface area (Å²) in [4.78, 5) is 27.1. The number of anilines is 1. The van der Waals surface area contributed by atoms with Crippen LogP contribution in [0.1, 0.15) is 24.0 Å². The topological polar surface area (TPSA) is 67.2 Å². The lowest BCUT2D eigenvalue weighted by atomic mass is 9.96. The van der Waals surface area contributed by atoms with E-state index in [1.54, 1.807) is 46.1 Å². The molecule has 0 bridgehead atoms. The van der Waals surface area contributed by atoms with Crippen LogP contribution in [0.2, 0.25) is 10.0 Å². The van der Waals surface area contributed by atoms with E-state index in [1.165, 1.54) is 0 Å². The molecule has 6 nitrogen and oxygen atoms in total. The molecule has 2 amide bonds. The van der Waals surface area contributed by atoms with Crippen molar-refractivity contribution in [2.45, 2.75) is 19.4 Å². The van der Waals surface area contributed by atoms with E-state index in [9.17, 15) is 9.59 Å². The highest BCUT2D eigenvalue weighted by molar-refractivity contribution is 6.36. The van der Waals surface area contributed by atoms with E-state index < -0.39 is 0 Å². The van der Waals surface area contributed by atoms with Crippen LogP contribution in [0.4, 0.5) is 5.82 Å². The number of aromatic nitrogens is 2. The Bertz CT molecular complexity index is 1130. The van der Waals surface area contributed by atoms with E-state index >= 15 is 0 Å². The summed E-state index contributed by atoms with van der Waals surface area (Å²) >= 11 is 12.5. The van der Waals surface area contributed by atoms with E-state index in [-0.39, 0.29) is 17.7 Å². The Morgan fingerprint density at radius 3 is 2.39 bits per heavy atom. The fourth-order valence-corrected chi connectivity index (χ4v) is 4.34. The maximum absolute atomic E-state index is 12.9. The maximum Gasteiger partial charge on any atom is 0.246 e. The van der Waals surface area contributed by atoms with Crippen molar-refractivity contribution in [3.05, 3.63) is 88.0 Å². The first kappa shape index (κ1) is 23.1. The van der Waals surface area contributed by atoms with Gasteiger partial charge in [0.05, 0.1) is 12.7 Å². The predicted molar refractivity (Wildman–Crippen MR) is 131 cm³/mol. The normalized spacial score (nSPS) is 14.5. The molecule has 0 spiro atoms. The van der Waals surface area contributed by atoms with E-state index in [0.717, 1.165) is 11.1 Å². The van der Waals surface area contributed by atoms with E-state index in [2.05, 4.69) is 10.4 Å². The molecule has 2 heterocycles. The van der Waals surface area contributed by atoms with Gasteiger partial charge < -0.3 is 10.2 Å². The lowest BCUT2D eigenvalue weighted by Gasteiger charge is -2.30. The van der Waals surface area contributed by atoms with Crippen molar-refractivity contribution < 1.29 is 9.59 Å². The number of amides is 2. The highest BCUT2D eigenvalue weighted by Crippen LogP contribution is 2.26. The first-order valence-electron chi connectivity index (χ1n) is 10.8. The smallest absolute Gasteiger partial charge is 0.246 e. The van der Waals surface area contributed by atoms with E-state index in [1.807, 2.05) is 36.4 Å². The van der Waals surface area contributed by atoms with Crippen molar-refractivity contribution in [1.82, 2.24) is 14.7 Å². The lowest BCUT2D eigenvalue weighted by molar-refractivity contribution is -0.130. The van der Waals surface area contributed by atoms with E-state index in [4.69, 9.17) is 23.2 Å². The molecule has 1 aromatic heterocycles. The highest BCUT2D eigenvalue weighted by Gasteiger charge is 2.27. The Morgan fingerprint density at radius 2 is 1.70 bits per heavy atom. The Balaban J connectivity index is 1.32. The molecule has 0 unspecified atom stereocenters. The second-order valence-electron chi connectivity index (χ2n) is 7.91. The molecule has 0 atom stereocenters. The van der Waals surface area contributed by atoms with Gasteiger partial charge in [-0.1, -0.05) is 59.6 Å². The second-order valence-corrected chi connectivity index (χ2v) is 8.72. The minimum absolute atomic E-state index is 0.0348. The zero-order chi connectivity index (χ0) is 23.2. The molecule has 1 aliphatic rings. The summed E-state index contributed by atoms with van der Waals surface area (Å²) in [5, 5.41) is 8.36. The molecule has 8 heteroatoms. The molecule has 1 aliphatic heterocycles. The number of halogens is 2. The number of hydrogen-bond acceptors (Lipinski definition) is 3. The van der Waals surface area contributed by atoms with Crippen LogP contribution in [-0.4, -0.2) is 39.6 Å². The second kappa shape index (κ2) is 10.7. The molecule has 170 valence electrons. The summed E-state index contributed by atoms with van der Waals surface area (Å²) in [5.41, 5.74) is 1.73. The van der Waals surface area contributed by atoms with Crippen LogP contribution in [0.15, 0.2) is 66.9 Å². The van der Waals surface area contributed by atoms with Crippen LogP contribution in [0.5, 0.6) is 0 Å². The van der Waals surface area contributed by atoms with Crippen molar-refractivity contribution in [3.63, 3.8) is 0 Å². The first-order chi connectivity index (χ1) is 16.0. The fourth-order valence-electron chi connectivity index (χ4n) is 3.83. The third kappa shape index (κ3) is 5.83. The van der Waals surface area contributed by atoms with Gasteiger partial charge in [-0.05, 0) is 36.6 Å². The molecule has 1 N–H and O–H groups in total. The number of carbonyl (C=O) groups is 2.